The van der Waals surface area contributed by atoms with Crippen molar-refractivity contribution in [3.05, 3.63) is 42.2 Å². The van der Waals surface area contributed by atoms with Gasteiger partial charge in [0.25, 0.3) is 5.91 Å². The summed E-state index contributed by atoms with van der Waals surface area (Å²) < 4.78 is 5.98. The highest BCUT2D eigenvalue weighted by Gasteiger charge is 2.16. The largest absolute Gasteiger partial charge is 0.489 e. The average Bonchev–Trinajstić information content (AvgIpc) is 2.68. The predicted molar refractivity (Wildman–Crippen MR) is 103 cm³/mol. The molecule has 6 heteroatoms. The Bertz CT molecular complexity index is 742. The lowest BCUT2D eigenvalue weighted by Crippen LogP contribution is -2.18. The molecule has 6 nitrogen and oxygen atoms in total. The topological polar surface area (TPSA) is 67.4 Å². The second-order valence-electron chi connectivity index (χ2n) is 6.92. The monoisotopic (exact) mass is 354 g/mol. The van der Waals surface area contributed by atoms with E-state index in [1.807, 2.05) is 31.1 Å². The normalized spacial score (nSPS) is 14.7. The van der Waals surface area contributed by atoms with E-state index in [4.69, 9.17) is 4.74 Å². The first kappa shape index (κ1) is 18.2. The summed E-state index contributed by atoms with van der Waals surface area (Å²) in [6, 6.07) is 7.11. The molecule has 0 aromatic carbocycles. The fraction of sp³-hybridized carbons (Fsp3) is 0.450. The highest BCUT2D eigenvalue weighted by molar-refractivity contribution is 6.04. The van der Waals surface area contributed by atoms with Gasteiger partial charge in [-0.1, -0.05) is 19.3 Å². The number of hydrogen-bond acceptors (Lipinski definition) is 5. The molecule has 1 aliphatic carbocycles. The highest BCUT2D eigenvalue weighted by Crippen LogP contribution is 2.27. The van der Waals surface area contributed by atoms with Gasteiger partial charge < -0.3 is 15.0 Å². The molecule has 1 amide bonds. The lowest BCUT2D eigenvalue weighted by molar-refractivity contribution is 0.102. The van der Waals surface area contributed by atoms with E-state index >= 15 is 0 Å². The van der Waals surface area contributed by atoms with Gasteiger partial charge >= 0.3 is 0 Å². The molecule has 3 rings (SSSR count). The molecule has 0 radical (unpaired) electrons. The number of nitrogens with one attached hydrogen (secondary N) is 1. The van der Waals surface area contributed by atoms with Crippen LogP contribution < -0.4 is 15.0 Å². The quantitative estimate of drug-likeness (QED) is 0.856. The van der Waals surface area contributed by atoms with Crippen LogP contribution >= 0.6 is 0 Å². The molecule has 26 heavy (non-hydrogen) atoms. The fourth-order valence-corrected chi connectivity index (χ4v) is 3.15. The average molecular weight is 354 g/mol. The Morgan fingerprint density at radius 1 is 1.19 bits per heavy atom. The molecule has 1 N–H and O–H groups in total. The zero-order valence-corrected chi connectivity index (χ0v) is 15.4. The van der Waals surface area contributed by atoms with Crippen LogP contribution in [-0.4, -0.2) is 36.6 Å². The molecular formula is C20H26N4O2. The maximum absolute atomic E-state index is 12.6. The van der Waals surface area contributed by atoms with Gasteiger partial charge in [0.15, 0.2) is 11.6 Å². The molecule has 0 spiro atoms. The van der Waals surface area contributed by atoms with Gasteiger partial charge in [0.05, 0.1) is 6.61 Å². The van der Waals surface area contributed by atoms with Crippen molar-refractivity contribution in [1.82, 2.24) is 9.97 Å². The molecule has 1 aliphatic rings. The third-order valence-electron chi connectivity index (χ3n) is 4.67. The van der Waals surface area contributed by atoms with Crippen molar-refractivity contribution in [2.45, 2.75) is 32.1 Å². The number of nitrogens with zero attached hydrogens (tertiary/aromatic N) is 3. The predicted octanol–water partition coefficient (Wildman–Crippen LogP) is 3.75. The van der Waals surface area contributed by atoms with Gasteiger partial charge in [0.1, 0.15) is 5.82 Å². The number of anilines is 2. The number of hydrogen-bond donors (Lipinski definition) is 1. The standard InChI is InChI=1S/C20H26N4O2/c1-24(2)18-13-16(10-12-21-18)20(25)23-19-17(9-6-11-22-19)26-14-15-7-4-3-5-8-15/h6,9-13,15H,3-5,7-8,14H2,1-2H3,(H,22,23,25). The van der Waals surface area contributed by atoms with E-state index in [-0.39, 0.29) is 5.91 Å². The molecule has 0 unspecified atom stereocenters. The van der Waals surface area contributed by atoms with Gasteiger partial charge in [0.2, 0.25) is 0 Å². The number of carbonyl (C=O) groups excluding carboxylic acids is 1. The van der Waals surface area contributed by atoms with E-state index in [0.717, 1.165) is 5.82 Å². The molecule has 138 valence electrons. The zero-order chi connectivity index (χ0) is 18.4. The molecule has 0 bridgehead atoms. The molecule has 2 aromatic heterocycles. The Morgan fingerprint density at radius 2 is 2.00 bits per heavy atom. The van der Waals surface area contributed by atoms with Gasteiger partial charge in [-0.15, -0.1) is 0 Å². The van der Waals surface area contributed by atoms with Crippen LogP contribution in [0.3, 0.4) is 0 Å². The minimum absolute atomic E-state index is 0.225. The van der Waals surface area contributed by atoms with Crippen molar-refractivity contribution < 1.29 is 9.53 Å². The molecule has 0 aliphatic heterocycles. The Kier molecular flexibility index (Phi) is 6.04. The molecular weight excluding hydrogens is 328 g/mol. The smallest absolute Gasteiger partial charge is 0.257 e. The number of rotatable bonds is 6. The first-order valence-corrected chi connectivity index (χ1v) is 9.16. The van der Waals surface area contributed by atoms with Crippen LogP contribution in [-0.2, 0) is 0 Å². The molecule has 0 atom stereocenters. The third-order valence-corrected chi connectivity index (χ3v) is 4.67. The summed E-state index contributed by atoms with van der Waals surface area (Å²) >= 11 is 0. The van der Waals surface area contributed by atoms with Crippen molar-refractivity contribution >= 4 is 17.5 Å². The van der Waals surface area contributed by atoms with E-state index in [1.165, 1.54) is 32.1 Å². The molecule has 1 saturated carbocycles. The van der Waals surface area contributed by atoms with Gasteiger partial charge in [-0.3, -0.25) is 4.79 Å². The molecule has 2 aromatic rings. The summed E-state index contributed by atoms with van der Waals surface area (Å²) in [5, 5.41) is 2.86. The van der Waals surface area contributed by atoms with Crippen molar-refractivity contribution in [2.75, 3.05) is 30.9 Å². The highest BCUT2D eigenvalue weighted by atomic mass is 16.5. The van der Waals surface area contributed by atoms with Crippen LogP contribution in [0.4, 0.5) is 11.6 Å². The van der Waals surface area contributed by atoms with Gasteiger partial charge in [-0.2, -0.15) is 0 Å². The molecule has 0 saturated heterocycles. The van der Waals surface area contributed by atoms with Crippen LogP contribution in [0.25, 0.3) is 0 Å². The maximum atomic E-state index is 12.6. The summed E-state index contributed by atoms with van der Waals surface area (Å²) in [7, 11) is 3.78. The fourth-order valence-electron chi connectivity index (χ4n) is 3.15. The van der Waals surface area contributed by atoms with Gasteiger partial charge in [-0.25, -0.2) is 9.97 Å². The summed E-state index contributed by atoms with van der Waals surface area (Å²) in [5.74, 6) is 2.17. The van der Waals surface area contributed by atoms with E-state index in [2.05, 4.69) is 15.3 Å². The van der Waals surface area contributed by atoms with E-state index in [1.54, 1.807) is 24.5 Å². The Hall–Kier alpha value is -2.63. The Labute approximate surface area is 154 Å². The summed E-state index contributed by atoms with van der Waals surface area (Å²) in [6.07, 6.45) is 9.59. The van der Waals surface area contributed by atoms with E-state index in [0.29, 0.717) is 29.7 Å². The molecule has 1 fully saturated rings. The van der Waals surface area contributed by atoms with Gasteiger partial charge in [0, 0.05) is 32.1 Å². The second-order valence-corrected chi connectivity index (χ2v) is 6.92. The second kappa shape index (κ2) is 8.65. The Balaban J connectivity index is 1.67. The van der Waals surface area contributed by atoms with Crippen molar-refractivity contribution in [3.8, 4) is 5.75 Å². The maximum Gasteiger partial charge on any atom is 0.257 e. The number of ether oxygens (including phenoxy) is 1. The van der Waals surface area contributed by atoms with Crippen LogP contribution in [0.1, 0.15) is 42.5 Å². The van der Waals surface area contributed by atoms with Crippen LogP contribution in [0.15, 0.2) is 36.7 Å². The number of pyridine rings is 2. The first-order chi connectivity index (χ1) is 12.6. The lowest BCUT2D eigenvalue weighted by atomic mass is 9.90. The van der Waals surface area contributed by atoms with Crippen LogP contribution in [0.2, 0.25) is 0 Å². The van der Waals surface area contributed by atoms with Crippen LogP contribution in [0, 0.1) is 5.92 Å². The van der Waals surface area contributed by atoms with E-state index < -0.39 is 0 Å². The SMILES string of the molecule is CN(C)c1cc(C(=O)Nc2ncccc2OCC2CCCCC2)ccn1. The van der Waals surface area contributed by atoms with Gasteiger partial charge in [-0.05, 0) is 43.0 Å². The summed E-state index contributed by atoms with van der Waals surface area (Å²) in [5.41, 5.74) is 0.535. The van der Waals surface area contributed by atoms with E-state index in [9.17, 15) is 4.79 Å². The summed E-state index contributed by atoms with van der Waals surface area (Å²) in [4.78, 5) is 23.0. The van der Waals surface area contributed by atoms with Crippen LogP contribution in [0.5, 0.6) is 5.75 Å². The molecule has 2 heterocycles. The zero-order valence-electron chi connectivity index (χ0n) is 15.4. The minimum atomic E-state index is -0.225. The number of aromatic nitrogens is 2. The lowest BCUT2D eigenvalue weighted by Gasteiger charge is -2.22. The third kappa shape index (κ3) is 4.71. The van der Waals surface area contributed by atoms with Crippen molar-refractivity contribution in [3.63, 3.8) is 0 Å². The first-order valence-electron chi connectivity index (χ1n) is 9.16. The Morgan fingerprint density at radius 3 is 2.77 bits per heavy atom. The number of carbonyl (C=O) groups is 1. The number of amides is 1. The van der Waals surface area contributed by atoms with Crippen molar-refractivity contribution in [1.29, 1.82) is 0 Å². The summed E-state index contributed by atoms with van der Waals surface area (Å²) in [6.45, 7) is 0.675. The van der Waals surface area contributed by atoms with Crippen molar-refractivity contribution in [2.24, 2.45) is 5.92 Å². The minimum Gasteiger partial charge on any atom is -0.489 e.